The van der Waals surface area contributed by atoms with Crippen LogP contribution in [-0.2, 0) is 22.6 Å². The first kappa shape index (κ1) is 20.9. The highest BCUT2D eigenvalue weighted by molar-refractivity contribution is 9.11. The van der Waals surface area contributed by atoms with Crippen molar-refractivity contribution < 1.29 is 19.4 Å². The number of carboxylic acid groups (broad SMARTS) is 1. The molecule has 2 aromatic rings. The summed E-state index contributed by atoms with van der Waals surface area (Å²) < 4.78 is 7.24. The maximum absolute atomic E-state index is 11.2. The standard InChI is InChI=1S/C19H16Br2N2O4/c1-11(24)23-15-5-13(9-22)4-14(6-15)10-27-19-16(20)7-12(8-17(19)21)2-3-18(25)26/h4-8H,2-3,10H2,1H3,(H,23,24)(H,25,26). The van der Waals surface area contributed by atoms with Crippen LogP contribution in [-0.4, -0.2) is 17.0 Å². The second kappa shape index (κ2) is 9.53. The van der Waals surface area contributed by atoms with E-state index in [2.05, 4.69) is 43.2 Å². The number of nitrogens with zero attached hydrogens (tertiary/aromatic N) is 1. The number of carbonyl (C=O) groups is 2. The molecule has 0 unspecified atom stereocenters. The number of carbonyl (C=O) groups excluding carboxylic acids is 1. The molecule has 0 fully saturated rings. The molecule has 0 saturated carbocycles. The second-order valence-corrected chi connectivity index (χ2v) is 7.49. The molecule has 2 N–H and O–H groups in total. The highest BCUT2D eigenvalue weighted by atomic mass is 79.9. The Kier molecular flexibility index (Phi) is 7.39. The smallest absolute Gasteiger partial charge is 0.303 e. The first-order valence-corrected chi connectivity index (χ1v) is 9.51. The summed E-state index contributed by atoms with van der Waals surface area (Å²) >= 11 is 6.88. The van der Waals surface area contributed by atoms with Gasteiger partial charge in [0, 0.05) is 19.0 Å². The third-order valence-electron chi connectivity index (χ3n) is 3.51. The number of carboxylic acids is 1. The van der Waals surface area contributed by atoms with Gasteiger partial charge in [0.05, 0.1) is 20.6 Å². The molecule has 140 valence electrons. The maximum Gasteiger partial charge on any atom is 0.303 e. The number of anilines is 1. The Balaban J connectivity index is 2.17. The molecule has 0 heterocycles. The van der Waals surface area contributed by atoms with Crippen LogP contribution in [0.25, 0.3) is 0 Å². The van der Waals surface area contributed by atoms with Crippen molar-refractivity contribution in [2.24, 2.45) is 0 Å². The number of amides is 1. The van der Waals surface area contributed by atoms with E-state index in [0.29, 0.717) is 32.4 Å². The molecule has 0 saturated heterocycles. The van der Waals surface area contributed by atoms with Crippen molar-refractivity contribution in [2.75, 3.05) is 5.32 Å². The fourth-order valence-corrected chi connectivity index (χ4v) is 3.93. The van der Waals surface area contributed by atoms with Crippen molar-refractivity contribution in [1.29, 1.82) is 5.26 Å². The number of aryl methyl sites for hydroxylation is 1. The molecule has 0 radical (unpaired) electrons. The van der Waals surface area contributed by atoms with E-state index in [0.717, 1.165) is 11.1 Å². The first-order valence-electron chi connectivity index (χ1n) is 7.92. The molecule has 0 spiro atoms. The summed E-state index contributed by atoms with van der Waals surface area (Å²) in [5, 5.41) is 20.6. The molecule has 27 heavy (non-hydrogen) atoms. The van der Waals surface area contributed by atoms with Crippen LogP contribution in [0, 0.1) is 11.3 Å². The number of nitrogens with one attached hydrogen (secondary N) is 1. The van der Waals surface area contributed by atoms with Crippen molar-refractivity contribution in [3.05, 3.63) is 56.0 Å². The van der Waals surface area contributed by atoms with Crippen LogP contribution in [0.1, 0.15) is 30.0 Å². The normalized spacial score (nSPS) is 10.1. The average Bonchev–Trinajstić information content (AvgIpc) is 2.58. The largest absolute Gasteiger partial charge is 0.487 e. The van der Waals surface area contributed by atoms with Gasteiger partial charge < -0.3 is 15.2 Å². The fraction of sp³-hybridized carbons (Fsp3) is 0.211. The van der Waals surface area contributed by atoms with E-state index >= 15 is 0 Å². The topological polar surface area (TPSA) is 99.4 Å². The summed E-state index contributed by atoms with van der Waals surface area (Å²) in [4.78, 5) is 22.0. The van der Waals surface area contributed by atoms with Gasteiger partial charge >= 0.3 is 5.97 Å². The lowest BCUT2D eigenvalue weighted by Crippen LogP contribution is -2.07. The third-order valence-corrected chi connectivity index (χ3v) is 4.69. The molecule has 1 amide bonds. The number of nitriles is 1. The summed E-state index contributed by atoms with van der Waals surface area (Å²) in [5.41, 5.74) is 2.54. The minimum Gasteiger partial charge on any atom is -0.487 e. The highest BCUT2D eigenvalue weighted by Gasteiger charge is 2.11. The van der Waals surface area contributed by atoms with Crippen LogP contribution in [0.5, 0.6) is 5.75 Å². The van der Waals surface area contributed by atoms with Gasteiger partial charge in [0.15, 0.2) is 0 Å². The molecular formula is C19H16Br2N2O4. The Hall–Kier alpha value is -2.37. The summed E-state index contributed by atoms with van der Waals surface area (Å²) in [6, 6.07) is 10.7. The number of halogens is 2. The van der Waals surface area contributed by atoms with E-state index < -0.39 is 5.97 Å². The van der Waals surface area contributed by atoms with Gasteiger partial charge in [-0.05, 0) is 79.7 Å². The monoisotopic (exact) mass is 494 g/mol. The van der Waals surface area contributed by atoms with E-state index in [1.54, 1.807) is 18.2 Å². The molecule has 8 heteroatoms. The van der Waals surface area contributed by atoms with E-state index in [9.17, 15) is 9.59 Å². The van der Waals surface area contributed by atoms with Gasteiger partial charge in [0.2, 0.25) is 5.91 Å². The third kappa shape index (κ3) is 6.38. The predicted molar refractivity (Wildman–Crippen MR) is 108 cm³/mol. The zero-order chi connectivity index (χ0) is 20.0. The van der Waals surface area contributed by atoms with Crippen molar-refractivity contribution >= 4 is 49.4 Å². The molecule has 0 aromatic heterocycles. The second-order valence-electron chi connectivity index (χ2n) is 5.78. The van der Waals surface area contributed by atoms with E-state index in [1.165, 1.54) is 6.92 Å². The lowest BCUT2D eigenvalue weighted by Gasteiger charge is -2.13. The Morgan fingerprint density at radius 1 is 1.15 bits per heavy atom. The number of hydrogen-bond acceptors (Lipinski definition) is 4. The van der Waals surface area contributed by atoms with Gasteiger partial charge in [-0.1, -0.05) is 0 Å². The Labute approximate surface area is 173 Å². The molecule has 0 bridgehead atoms. The van der Waals surface area contributed by atoms with E-state index in [1.807, 2.05) is 12.1 Å². The van der Waals surface area contributed by atoms with Crippen LogP contribution in [0.15, 0.2) is 39.3 Å². The van der Waals surface area contributed by atoms with Gasteiger partial charge in [-0.25, -0.2) is 0 Å². The molecule has 0 aliphatic heterocycles. The van der Waals surface area contributed by atoms with Crippen molar-refractivity contribution in [3.63, 3.8) is 0 Å². The number of aliphatic carboxylic acids is 1. The lowest BCUT2D eigenvalue weighted by molar-refractivity contribution is -0.137. The predicted octanol–water partition coefficient (Wildman–Crippen LogP) is 4.64. The summed E-state index contributed by atoms with van der Waals surface area (Å²) in [6.45, 7) is 1.59. The summed E-state index contributed by atoms with van der Waals surface area (Å²) in [7, 11) is 0. The van der Waals surface area contributed by atoms with Gasteiger partial charge in [-0.15, -0.1) is 0 Å². The maximum atomic E-state index is 11.2. The fourth-order valence-electron chi connectivity index (χ4n) is 2.42. The molecule has 2 aromatic carbocycles. The van der Waals surface area contributed by atoms with E-state index in [-0.39, 0.29) is 18.9 Å². The van der Waals surface area contributed by atoms with Gasteiger partial charge in [0.25, 0.3) is 0 Å². The summed E-state index contributed by atoms with van der Waals surface area (Å²) in [5.74, 6) is -0.508. The zero-order valence-corrected chi connectivity index (χ0v) is 17.6. The van der Waals surface area contributed by atoms with Crippen molar-refractivity contribution in [3.8, 4) is 11.8 Å². The van der Waals surface area contributed by atoms with Crippen molar-refractivity contribution in [1.82, 2.24) is 0 Å². The molecule has 0 aliphatic rings. The molecular weight excluding hydrogens is 480 g/mol. The van der Waals surface area contributed by atoms with Crippen LogP contribution < -0.4 is 10.1 Å². The van der Waals surface area contributed by atoms with Crippen LogP contribution in [0.4, 0.5) is 5.69 Å². The number of benzene rings is 2. The molecule has 6 nitrogen and oxygen atoms in total. The van der Waals surface area contributed by atoms with Crippen LogP contribution in [0.2, 0.25) is 0 Å². The average molecular weight is 496 g/mol. The van der Waals surface area contributed by atoms with Crippen molar-refractivity contribution in [2.45, 2.75) is 26.4 Å². The highest BCUT2D eigenvalue weighted by Crippen LogP contribution is 2.35. The SMILES string of the molecule is CC(=O)Nc1cc(C#N)cc(COc2c(Br)cc(CCC(=O)O)cc2Br)c1. The Morgan fingerprint density at radius 3 is 2.37 bits per heavy atom. The van der Waals surface area contributed by atoms with Gasteiger partial charge in [-0.2, -0.15) is 5.26 Å². The van der Waals surface area contributed by atoms with Crippen LogP contribution in [0.3, 0.4) is 0 Å². The minimum absolute atomic E-state index is 0.0476. The molecule has 0 aliphatic carbocycles. The van der Waals surface area contributed by atoms with Gasteiger partial charge in [-0.3, -0.25) is 9.59 Å². The Bertz CT molecular complexity index is 899. The zero-order valence-electron chi connectivity index (χ0n) is 14.4. The first-order chi connectivity index (χ1) is 12.8. The molecule has 2 rings (SSSR count). The number of rotatable bonds is 7. The Morgan fingerprint density at radius 2 is 1.81 bits per heavy atom. The minimum atomic E-state index is -0.852. The van der Waals surface area contributed by atoms with E-state index in [4.69, 9.17) is 15.1 Å². The van der Waals surface area contributed by atoms with Gasteiger partial charge in [0.1, 0.15) is 12.4 Å². The number of ether oxygens (including phenoxy) is 1. The molecule has 0 atom stereocenters. The van der Waals surface area contributed by atoms with Crippen LogP contribution >= 0.6 is 31.9 Å². The summed E-state index contributed by atoms with van der Waals surface area (Å²) in [6.07, 6.45) is 0.461. The number of hydrogen-bond donors (Lipinski definition) is 2. The quantitative estimate of drug-likeness (QED) is 0.582. The lowest BCUT2D eigenvalue weighted by atomic mass is 10.1.